The van der Waals surface area contributed by atoms with Crippen molar-refractivity contribution in [3.05, 3.63) is 30.0 Å². The molecule has 0 radical (unpaired) electrons. The lowest BCUT2D eigenvalue weighted by Crippen LogP contribution is -2.59. The number of rotatable bonds is 1. The summed E-state index contributed by atoms with van der Waals surface area (Å²) >= 11 is 0. The molecule has 3 fully saturated rings. The third-order valence-corrected chi connectivity index (χ3v) is 5.56. The highest BCUT2D eigenvalue weighted by Crippen LogP contribution is 2.43. The molecule has 5 heterocycles. The summed E-state index contributed by atoms with van der Waals surface area (Å²) in [5.74, 6) is 2.53. The van der Waals surface area contributed by atoms with Crippen LogP contribution >= 0.6 is 0 Å². The standard InChI is InChI=1S/C18H21N3O2/c1-12-8-13-9-15(2-3-16(13)22-12)19-17-10-18(23-20-17)11-21-6-4-14(18)5-7-21/h2-3,8-9,14H,4-7,10-11H2,1H3,(H,19,20)/t18-/m0/s1. The molecule has 0 aliphatic carbocycles. The Morgan fingerprint density at radius 3 is 2.91 bits per heavy atom. The first-order valence-corrected chi connectivity index (χ1v) is 8.45. The molecule has 0 unspecified atom stereocenters. The van der Waals surface area contributed by atoms with E-state index in [0.29, 0.717) is 5.92 Å². The molecule has 2 aromatic rings. The topological polar surface area (TPSA) is 50.0 Å². The number of hydrogen-bond donors (Lipinski definition) is 1. The molecule has 4 aliphatic rings. The number of furan rings is 1. The molecule has 4 aliphatic heterocycles. The SMILES string of the molecule is Cc1cc2cc(NC3=NO[C@@]4(C3)CN3CCC4CC3)ccc2o1. The fourth-order valence-corrected chi connectivity index (χ4v) is 4.41. The van der Waals surface area contributed by atoms with Gasteiger partial charge in [-0.05, 0) is 57.1 Å². The summed E-state index contributed by atoms with van der Waals surface area (Å²) in [4.78, 5) is 8.47. The third-order valence-electron chi connectivity index (χ3n) is 5.56. The van der Waals surface area contributed by atoms with Gasteiger partial charge in [0.1, 0.15) is 11.3 Å². The number of anilines is 1. The van der Waals surface area contributed by atoms with E-state index in [1.807, 2.05) is 19.1 Å². The van der Waals surface area contributed by atoms with E-state index in [-0.39, 0.29) is 5.60 Å². The zero-order valence-corrected chi connectivity index (χ0v) is 13.3. The smallest absolute Gasteiger partial charge is 0.160 e. The number of piperidine rings is 3. The average Bonchev–Trinajstić information content (AvgIpc) is 3.11. The molecular formula is C18H21N3O2. The van der Waals surface area contributed by atoms with E-state index in [1.165, 1.54) is 25.9 Å². The van der Waals surface area contributed by atoms with Crippen LogP contribution in [0, 0.1) is 12.8 Å². The molecule has 5 heteroatoms. The van der Waals surface area contributed by atoms with Gasteiger partial charge in [0, 0.05) is 23.5 Å². The largest absolute Gasteiger partial charge is 0.461 e. The van der Waals surface area contributed by atoms with E-state index in [1.54, 1.807) is 0 Å². The van der Waals surface area contributed by atoms with Gasteiger partial charge in [-0.25, -0.2) is 0 Å². The fourth-order valence-electron chi connectivity index (χ4n) is 4.41. The van der Waals surface area contributed by atoms with E-state index in [2.05, 4.69) is 27.5 Å². The highest BCUT2D eigenvalue weighted by atomic mass is 16.7. The number of benzene rings is 1. The van der Waals surface area contributed by atoms with E-state index in [4.69, 9.17) is 9.25 Å². The molecule has 1 aromatic heterocycles. The maximum Gasteiger partial charge on any atom is 0.160 e. The fraction of sp³-hybridized carbons (Fsp3) is 0.500. The van der Waals surface area contributed by atoms with Crippen LogP contribution in [0.15, 0.2) is 33.8 Å². The van der Waals surface area contributed by atoms with Crippen molar-refractivity contribution in [2.75, 3.05) is 25.0 Å². The quantitative estimate of drug-likeness (QED) is 0.877. The van der Waals surface area contributed by atoms with Gasteiger partial charge in [0.25, 0.3) is 0 Å². The second-order valence-corrected chi connectivity index (χ2v) is 7.16. The van der Waals surface area contributed by atoms with Crippen molar-refractivity contribution in [3.8, 4) is 0 Å². The minimum atomic E-state index is -0.0881. The maximum atomic E-state index is 5.96. The second kappa shape index (κ2) is 4.74. The number of nitrogens with one attached hydrogen (secondary N) is 1. The van der Waals surface area contributed by atoms with Crippen LogP contribution in [0.4, 0.5) is 5.69 Å². The summed E-state index contributed by atoms with van der Waals surface area (Å²) in [6, 6.07) is 8.21. The molecule has 1 aromatic carbocycles. The Balaban J connectivity index is 1.35. The van der Waals surface area contributed by atoms with Crippen LogP contribution in [0.2, 0.25) is 0 Å². The zero-order valence-electron chi connectivity index (χ0n) is 13.3. The lowest BCUT2D eigenvalue weighted by Gasteiger charge is -2.49. The van der Waals surface area contributed by atoms with Gasteiger partial charge < -0.3 is 14.6 Å². The molecule has 0 amide bonds. The summed E-state index contributed by atoms with van der Waals surface area (Å²) in [6.07, 6.45) is 3.36. The van der Waals surface area contributed by atoms with Crippen LogP contribution in [0.1, 0.15) is 25.0 Å². The third kappa shape index (κ3) is 2.14. The minimum Gasteiger partial charge on any atom is -0.461 e. The van der Waals surface area contributed by atoms with Gasteiger partial charge in [-0.1, -0.05) is 5.16 Å². The van der Waals surface area contributed by atoms with Crippen LogP contribution in [0.5, 0.6) is 0 Å². The lowest BCUT2D eigenvalue weighted by molar-refractivity contribution is -0.136. The Labute approximate surface area is 135 Å². The highest BCUT2D eigenvalue weighted by molar-refractivity contribution is 5.98. The normalized spacial score (nSPS) is 32.3. The van der Waals surface area contributed by atoms with Crippen molar-refractivity contribution in [1.82, 2.24) is 4.90 Å². The predicted octanol–water partition coefficient (Wildman–Crippen LogP) is 3.35. The van der Waals surface area contributed by atoms with Crippen molar-refractivity contribution in [3.63, 3.8) is 0 Å². The molecule has 120 valence electrons. The van der Waals surface area contributed by atoms with Gasteiger partial charge >= 0.3 is 0 Å². The second-order valence-electron chi connectivity index (χ2n) is 7.16. The molecule has 2 bridgehead atoms. The average molecular weight is 311 g/mol. The number of amidine groups is 1. The van der Waals surface area contributed by atoms with Gasteiger partial charge in [-0.15, -0.1) is 0 Å². The molecule has 23 heavy (non-hydrogen) atoms. The van der Waals surface area contributed by atoms with Crippen LogP contribution in [0.25, 0.3) is 11.0 Å². The molecule has 1 atom stereocenters. The molecule has 1 spiro atoms. The number of aryl methyl sites for hydroxylation is 1. The van der Waals surface area contributed by atoms with E-state index < -0.39 is 0 Å². The first-order chi connectivity index (χ1) is 11.2. The Hall–Kier alpha value is -2.01. The summed E-state index contributed by atoms with van der Waals surface area (Å²) in [6.45, 7) is 5.43. The number of fused-ring (bicyclic) bond motifs is 3. The molecular weight excluding hydrogens is 290 g/mol. The zero-order chi connectivity index (χ0) is 15.4. The van der Waals surface area contributed by atoms with Crippen molar-refractivity contribution in [2.45, 2.75) is 31.8 Å². The minimum absolute atomic E-state index is 0.0881. The van der Waals surface area contributed by atoms with Crippen LogP contribution in [-0.4, -0.2) is 36.0 Å². The summed E-state index contributed by atoms with van der Waals surface area (Å²) in [5.41, 5.74) is 1.88. The Morgan fingerprint density at radius 1 is 1.26 bits per heavy atom. The Morgan fingerprint density at radius 2 is 2.13 bits per heavy atom. The summed E-state index contributed by atoms with van der Waals surface area (Å²) in [5, 5.41) is 8.92. The van der Waals surface area contributed by atoms with Crippen molar-refractivity contribution in [1.29, 1.82) is 0 Å². The van der Waals surface area contributed by atoms with Gasteiger partial charge in [-0.3, -0.25) is 4.90 Å². The number of oxime groups is 1. The first-order valence-electron chi connectivity index (χ1n) is 8.45. The van der Waals surface area contributed by atoms with Gasteiger partial charge in [0.15, 0.2) is 11.4 Å². The molecule has 1 N–H and O–H groups in total. The molecule has 0 saturated carbocycles. The van der Waals surface area contributed by atoms with Crippen LogP contribution in [-0.2, 0) is 4.84 Å². The van der Waals surface area contributed by atoms with Crippen LogP contribution in [0.3, 0.4) is 0 Å². The summed E-state index contributed by atoms with van der Waals surface area (Å²) in [7, 11) is 0. The molecule has 6 rings (SSSR count). The number of nitrogens with zero attached hydrogens (tertiary/aromatic N) is 2. The van der Waals surface area contributed by atoms with Crippen molar-refractivity contribution < 1.29 is 9.25 Å². The van der Waals surface area contributed by atoms with Crippen molar-refractivity contribution >= 4 is 22.5 Å². The number of hydrogen-bond acceptors (Lipinski definition) is 5. The van der Waals surface area contributed by atoms with Gasteiger partial charge in [-0.2, -0.15) is 0 Å². The van der Waals surface area contributed by atoms with E-state index in [9.17, 15) is 0 Å². The molecule has 5 nitrogen and oxygen atoms in total. The maximum absolute atomic E-state index is 5.96. The highest BCUT2D eigenvalue weighted by Gasteiger charge is 2.52. The van der Waals surface area contributed by atoms with Gasteiger partial charge in [0.05, 0.1) is 6.42 Å². The monoisotopic (exact) mass is 311 g/mol. The Bertz CT molecular complexity index is 789. The lowest BCUT2D eigenvalue weighted by atomic mass is 9.73. The van der Waals surface area contributed by atoms with Crippen molar-refractivity contribution in [2.24, 2.45) is 11.1 Å². The first kappa shape index (κ1) is 13.4. The van der Waals surface area contributed by atoms with E-state index >= 15 is 0 Å². The molecule has 3 saturated heterocycles. The summed E-state index contributed by atoms with van der Waals surface area (Å²) < 4.78 is 5.63. The van der Waals surface area contributed by atoms with Crippen LogP contribution < -0.4 is 5.32 Å². The van der Waals surface area contributed by atoms with E-state index in [0.717, 1.165) is 41.2 Å². The van der Waals surface area contributed by atoms with Gasteiger partial charge in [0.2, 0.25) is 0 Å². The Kier molecular flexibility index (Phi) is 2.77. The predicted molar refractivity (Wildman–Crippen MR) is 89.6 cm³/mol.